The molecule has 0 heterocycles. The maximum Gasteiger partial charge on any atom is 0.335 e. The number of hydrogen-bond donors (Lipinski definition) is 3. The van der Waals surface area contributed by atoms with Crippen LogP contribution in [-0.4, -0.2) is 11.1 Å². The second kappa shape index (κ2) is 3.30. The quantitative estimate of drug-likeness (QED) is 0.590. The number of carbonyl (C=O) groups is 1. The van der Waals surface area contributed by atoms with Crippen molar-refractivity contribution in [1.29, 1.82) is 0 Å². The lowest BCUT2D eigenvalue weighted by molar-refractivity contribution is 0.0697. The third-order valence-electron chi connectivity index (χ3n) is 1.24. The predicted octanol–water partition coefficient (Wildman–Crippen LogP) is 1.64. The van der Waals surface area contributed by atoms with E-state index in [1.54, 1.807) is 12.1 Å². The summed E-state index contributed by atoms with van der Waals surface area (Å²) in [5, 5.41) is 8.55. The van der Waals surface area contributed by atoms with E-state index in [0.717, 1.165) is 0 Å². The smallest absolute Gasteiger partial charge is 0.335 e. The van der Waals surface area contributed by atoms with Gasteiger partial charge >= 0.3 is 5.97 Å². The van der Waals surface area contributed by atoms with Crippen LogP contribution in [0.15, 0.2) is 24.3 Å². The Morgan fingerprint density at radius 3 is 2.82 bits per heavy atom. The van der Waals surface area contributed by atoms with Crippen LogP contribution < -0.4 is 4.72 Å². The summed E-state index contributed by atoms with van der Waals surface area (Å²) in [6.07, 6.45) is 0. The molecule has 0 radical (unpaired) electrons. The highest BCUT2D eigenvalue weighted by atomic mass is 32.1. The average molecular weight is 169 g/mol. The fourth-order valence-corrected chi connectivity index (χ4v) is 0.861. The Labute approximate surface area is 69.6 Å². The van der Waals surface area contributed by atoms with Crippen LogP contribution >= 0.6 is 12.8 Å². The second-order valence-corrected chi connectivity index (χ2v) is 2.22. The fraction of sp³-hybridized carbons (Fsp3) is 0. The van der Waals surface area contributed by atoms with Gasteiger partial charge in [0.25, 0.3) is 0 Å². The number of nitrogens with one attached hydrogen (secondary N) is 1. The molecule has 1 rings (SSSR count). The third-order valence-corrected chi connectivity index (χ3v) is 1.50. The number of thiol groups is 1. The topological polar surface area (TPSA) is 49.3 Å². The first-order chi connectivity index (χ1) is 5.24. The van der Waals surface area contributed by atoms with E-state index in [0.29, 0.717) is 5.69 Å². The molecule has 0 bridgehead atoms. The molecule has 11 heavy (non-hydrogen) atoms. The molecule has 0 saturated heterocycles. The number of carboxylic acid groups (broad SMARTS) is 1. The monoisotopic (exact) mass is 169 g/mol. The van der Waals surface area contributed by atoms with Crippen molar-refractivity contribution in [2.75, 3.05) is 4.72 Å². The molecule has 58 valence electrons. The first-order valence-corrected chi connectivity index (χ1v) is 3.42. The van der Waals surface area contributed by atoms with E-state index in [2.05, 4.69) is 17.5 Å². The van der Waals surface area contributed by atoms with Gasteiger partial charge in [-0.2, -0.15) is 0 Å². The van der Waals surface area contributed by atoms with Crippen LogP contribution in [0.25, 0.3) is 0 Å². The zero-order valence-electron chi connectivity index (χ0n) is 5.61. The van der Waals surface area contributed by atoms with Crippen LogP contribution in [0.1, 0.15) is 10.4 Å². The molecule has 0 amide bonds. The Morgan fingerprint density at radius 1 is 1.55 bits per heavy atom. The molecule has 0 aliphatic heterocycles. The lowest BCUT2D eigenvalue weighted by Crippen LogP contribution is -1.95. The first kappa shape index (κ1) is 7.94. The van der Waals surface area contributed by atoms with E-state index in [4.69, 9.17) is 5.11 Å². The molecule has 1 aromatic carbocycles. The van der Waals surface area contributed by atoms with Gasteiger partial charge < -0.3 is 9.83 Å². The predicted molar refractivity (Wildman–Crippen MR) is 46.0 cm³/mol. The SMILES string of the molecule is O=C(O)c1cccc(NS)c1. The van der Waals surface area contributed by atoms with Crippen molar-refractivity contribution >= 4 is 24.5 Å². The summed E-state index contributed by atoms with van der Waals surface area (Å²) in [6.45, 7) is 0. The summed E-state index contributed by atoms with van der Waals surface area (Å²) in [6, 6.07) is 6.42. The lowest BCUT2D eigenvalue weighted by atomic mass is 10.2. The molecule has 0 aliphatic rings. The molecular weight excluding hydrogens is 162 g/mol. The summed E-state index contributed by atoms with van der Waals surface area (Å²) in [5.74, 6) is -0.935. The van der Waals surface area contributed by atoms with Gasteiger partial charge in [-0.1, -0.05) is 18.9 Å². The maximum atomic E-state index is 10.4. The van der Waals surface area contributed by atoms with E-state index in [9.17, 15) is 4.79 Å². The van der Waals surface area contributed by atoms with E-state index in [1.807, 2.05) is 0 Å². The summed E-state index contributed by atoms with van der Waals surface area (Å²) in [4.78, 5) is 10.4. The Morgan fingerprint density at radius 2 is 2.27 bits per heavy atom. The van der Waals surface area contributed by atoms with Crippen molar-refractivity contribution in [3.05, 3.63) is 29.8 Å². The van der Waals surface area contributed by atoms with Crippen LogP contribution in [0, 0.1) is 0 Å². The molecule has 0 saturated carbocycles. The van der Waals surface area contributed by atoms with Gasteiger partial charge in [0, 0.05) is 5.69 Å². The number of rotatable bonds is 2. The molecule has 0 unspecified atom stereocenters. The summed E-state index contributed by atoms with van der Waals surface area (Å²) < 4.78 is 2.55. The van der Waals surface area contributed by atoms with E-state index >= 15 is 0 Å². The van der Waals surface area contributed by atoms with Crippen molar-refractivity contribution in [2.24, 2.45) is 0 Å². The van der Waals surface area contributed by atoms with Gasteiger partial charge in [0.1, 0.15) is 0 Å². The Bertz CT molecular complexity index is 275. The first-order valence-electron chi connectivity index (χ1n) is 2.97. The zero-order valence-corrected chi connectivity index (χ0v) is 6.51. The van der Waals surface area contributed by atoms with Crippen molar-refractivity contribution < 1.29 is 9.90 Å². The van der Waals surface area contributed by atoms with Gasteiger partial charge in [-0.25, -0.2) is 4.79 Å². The second-order valence-electron chi connectivity index (χ2n) is 2.00. The Kier molecular flexibility index (Phi) is 2.38. The van der Waals surface area contributed by atoms with Crippen molar-refractivity contribution in [3.8, 4) is 0 Å². The molecule has 4 heteroatoms. The number of carboxylic acids is 1. The van der Waals surface area contributed by atoms with Gasteiger partial charge in [0.05, 0.1) is 5.56 Å². The van der Waals surface area contributed by atoms with Crippen LogP contribution in [0.5, 0.6) is 0 Å². The van der Waals surface area contributed by atoms with Gasteiger partial charge in [-0.3, -0.25) is 0 Å². The zero-order chi connectivity index (χ0) is 8.27. The van der Waals surface area contributed by atoms with Crippen molar-refractivity contribution in [2.45, 2.75) is 0 Å². The lowest BCUT2D eigenvalue weighted by Gasteiger charge is -1.98. The summed E-state index contributed by atoms with van der Waals surface area (Å²) in [5.41, 5.74) is 0.928. The number of benzene rings is 1. The van der Waals surface area contributed by atoms with Crippen LogP contribution in [0.3, 0.4) is 0 Å². The number of aromatic carboxylic acids is 1. The number of anilines is 1. The minimum atomic E-state index is -0.935. The van der Waals surface area contributed by atoms with Crippen LogP contribution in [0.4, 0.5) is 5.69 Å². The highest BCUT2D eigenvalue weighted by Crippen LogP contribution is 2.10. The van der Waals surface area contributed by atoms with E-state index in [-0.39, 0.29) is 5.56 Å². The molecule has 0 aliphatic carbocycles. The van der Waals surface area contributed by atoms with Gasteiger partial charge in [-0.05, 0) is 18.2 Å². The molecule has 1 aromatic rings. The molecule has 3 nitrogen and oxygen atoms in total. The van der Waals surface area contributed by atoms with E-state index < -0.39 is 5.97 Å². The third kappa shape index (κ3) is 1.88. The molecule has 0 fully saturated rings. The van der Waals surface area contributed by atoms with Gasteiger partial charge in [-0.15, -0.1) is 0 Å². The molecular formula is C7H7NO2S. The normalized spacial score (nSPS) is 9.18. The standard InChI is InChI=1S/C7H7NO2S/c9-7(10)5-2-1-3-6(4-5)8-11/h1-4,8,11H,(H,9,10). The average Bonchev–Trinajstić information content (AvgIpc) is 2.05. The maximum absolute atomic E-state index is 10.4. The largest absolute Gasteiger partial charge is 0.478 e. The summed E-state index contributed by atoms with van der Waals surface area (Å²) >= 11 is 3.78. The Hall–Kier alpha value is -1.16. The minimum Gasteiger partial charge on any atom is -0.478 e. The van der Waals surface area contributed by atoms with Gasteiger partial charge in [0.2, 0.25) is 0 Å². The number of hydrogen-bond acceptors (Lipinski definition) is 3. The molecule has 0 aromatic heterocycles. The molecule has 0 spiro atoms. The summed E-state index contributed by atoms with van der Waals surface area (Å²) in [7, 11) is 0. The van der Waals surface area contributed by atoms with Crippen LogP contribution in [-0.2, 0) is 0 Å². The fourth-order valence-electron chi connectivity index (χ4n) is 0.722. The van der Waals surface area contributed by atoms with Crippen molar-refractivity contribution in [3.63, 3.8) is 0 Å². The molecule has 0 atom stereocenters. The van der Waals surface area contributed by atoms with E-state index in [1.165, 1.54) is 12.1 Å². The highest BCUT2D eigenvalue weighted by Gasteiger charge is 2.00. The highest BCUT2D eigenvalue weighted by molar-refractivity contribution is 7.81. The molecule has 2 N–H and O–H groups in total. The Balaban J connectivity index is 3.01. The minimum absolute atomic E-state index is 0.254. The van der Waals surface area contributed by atoms with Crippen molar-refractivity contribution in [1.82, 2.24) is 0 Å². The van der Waals surface area contributed by atoms with Gasteiger partial charge in [0.15, 0.2) is 0 Å². The van der Waals surface area contributed by atoms with Crippen LogP contribution in [0.2, 0.25) is 0 Å².